The van der Waals surface area contributed by atoms with Crippen LogP contribution in [-0.2, 0) is 9.53 Å². The van der Waals surface area contributed by atoms with Gasteiger partial charge in [0.15, 0.2) is 5.78 Å². The van der Waals surface area contributed by atoms with Crippen LogP contribution >= 0.6 is 0 Å². The summed E-state index contributed by atoms with van der Waals surface area (Å²) in [6.07, 6.45) is 2.11. The second-order valence-electron chi connectivity index (χ2n) is 2.35. The number of allylic oxidation sites excluding steroid dienone is 1. The molecule has 1 unspecified atom stereocenters. The van der Waals surface area contributed by atoms with Gasteiger partial charge in [-0.25, -0.2) is 0 Å². The van der Waals surface area contributed by atoms with Crippen LogP contribution in [-0.4, -0.2) is 30.2 Å². The number of carbonyl (C=O) groups excluding carboxylic acids is 1. The summed E-state index contributed by atoms with van der Waals surface area (Å²) < 4.78 is 4.94. The average Bonchev–Trinajstić information content (AvgIpc) is 2.05. The van der Waals surface area contributed by atoms with Gasteiger partial charge < -0.3 is 9.84 Å². The Morgan fingerprint density at radius 3 is 2.75 bits per heavy atom. The van der Waals surface area contributed by atoms with Crippen LogP contribution in [0, 0.1) is 0 Å². The normalized spacial score (nSPS) is 12.1. The molecular formula is C9H14O3. The Kier molecular flexibility index (Phi) is 6.24. The Hall–Kier alpha value is -0.930. The summed E-state index contributed by atoms with van der Waals surface area (Å²) >= 11 is 0. The molecule has 0 aromatic carbocycles. The smallest absolute Gasteiger partial charge is 0.157 e. The molecule has 0 bridgehead atoms. The highest BCUT2D eigenvalue weighted by Crippen LogP contribution is 1.94. The first-order valence-electron chi connectivity index (χ1n) is 3.72. The predicted molar refractivity (Wildman–Crippen MR) is 46.8 cm³/mol. The zero-order chi connectivity index (χ0) is 9.40. The maximum absolute atomic E-state index is 10.7. The van der Waals surface area contributed by atoms with E-state index in [1.165, 1.54) is 6.08 Å². The van der Waals surface area contributed by atoms with Crippen molar-refractivity contribution in [2.45, 2.75) is 12.5 Å². The summed E-state index contributed by atoms with van der Waals surface area (Å²) in [5.41, 5.74) is 0. The maximum atomic E-state index is 10.7. The van der Waals surface area contributed by atoms with Crippen molar-refractivity contribution in [3.63, 3.8) is 0 Å². The number of rotatable bonds is 7. The van der Waals surface area contributed by atoms with E-state index in [-0.39, 0.29) is 18.8 Å². The van der Waals surface area contributed by atoms with E-state index in [0.29, 0.717) is 6.61 Å². The molecule has 12 heavy (non-hydrogen) atoms. The second kappa shape index (κ2) is 6.76. The van der Waals surface area contributed by atoms with Gasteiger partial charge in [-0.2, -0.15) is 0 Å². The molecule has 3 nitrogen and oxygen atoms in total. The number of hydrogen-bond acceptors (Lipinski definition) is 3. The summed E-state index contributed by atoms with van der Waals surface area (Å²) in [4.78, 5) is 10.7. The van der Waals surface area contributed by atoms with Crippen LogP contribution in [0.25, 0.3) is 0 Å². The van der Waals surface area contributed by atoms with E-state index in [0.717, 1.165) is 0 Å². The summed E-state index contributed by atoms with van der Waals surface area (Å²) in [5.74, 6) is -0.176. The topological polar surface area (TPSA) is 46.5 Å². The lowest BCUT2D eigenvalue weighted by atomic mass is 10.2. The van der Waals surface area contributed by atoms with Gasteiger partial charge in [0, 0.05) is 6.42 Å². The first kappa shape index (κ1) is 11.1. The van der Waals surface area contributed by atoms with Crippen molar-refractivity contribution in [1.82, 2.24) is 0 Å². The zero-order valence-electron chi connectivity index (χ0n) is 7.03. The lowest BCUT2D eigenvalue weighted by molar-refractivity contribution is -0.117. The molecule has 0 spiro atoms. The Morgan fingerprint density at radius 2 is 2.25 bits per heavy atom. The SMILES string of the molecule is C=CCOCC(O)CC(=O)C=C. The summed E-state index contributed by atoms with van der Waals surface area (Å²) in [6.45, 7) is 7.28. The third kappa shape index (κ3) is 5.82. The molecule has 0 aromatic rings. The second-order valence-corrected chi connectivity index (χ2v) is 2.35. The van der Waals surface area contributed by atoms with Gasteiger partial charge in [0.05, 0.1) is 19.3 Å². The summed E-state index contributed by atoms with van der Waals surface area (Å²) in [7, 11) is 0. The van der Waals surface area contributed by atoms with Crippen molar-refractivity contribution in [3.8, 4) is 0 Å². The molecule has 0 saturated heterocycles. The van der Waals surface area contributed by atoms with Gasteiger partial charge in [-0.15, -0.1) is 6.58 Å². The largest absolute Gasteiger partial charge is 0.390 e. The lowest BCUT2D eigenvalue weighted by Crippen LogP contribution is -2.18. The van der Waals surface area contributed by atoms with Crippen molar-refractivity contribution in [3.05, 3.63) is 25.3 Å². The fourth-order valence-corrected chi connectivity index (χ4v) is 0.662. The Morgan fingerprint density at radius 1 is 1.58 bits per heavy atom. The molecule has 0 fully saturated rings. The molecule has 0 aliphatic rings. The number of hydrogen-bond donors (Lipinski definition) is 1. The fourth-order valence-electron chi connectivity index (χ4n) is 0.662. The van der Waals surface area contributed by atoms with E-state index in [1.54, 1.807) is 6.08 Å². The van der Waals surface area contributed by atoms with Crippen molar-refractivity contribution in [2.75, 3.05) is 13.2 Å². The van der Waals surface area contributed by atoms with Crippen molar-refractivity contribution < 1.29 is 14.6 Å². The van der Waals surface area contributed by atoms with Crippen LogP contribution in [0.5, 0.6) is 0 Å². The third-order valence-electron chi connectivity index (χ3n) is 1.21. The minimum atomic E-state index is -0.740. The number of ether oxygens (including phenoxy) is 1. The highest BCUT2D eigenvalue weighted by Gasteiger charge is 2.07. The molecule has 0 aliphatic heterocycles. The number of aliphatic hydroxyl groups is 1. The van der Waals surface area contributed by atoms with Crippen molar-refractivity contribution >= 4 is 5.78 Å². The third-order valence-corrected chi connectivity index (χ3v) is 1.21. The van der Waals surface area contributed by atoms with Crippen LogP contribution < -0.4 is 0 Å². The molecule has 1 N–H and O–H groups in total. The zero-order valence-corrected chi connectivity index (χ0v) is 7.03. The molecule has 0 saturated carbocycles. The van der Waals surface area contributed by atoms with E-state index in [9.17, 15) is 4.79 Å². The minimum absolute atomic E-state index is 0.0701. The minimum Gasteiger partial charge on any atom is -0.390 e. The molecule has 0 aliphatic carbocycles. The standard InChI is InChI=1S/C9H14O3/c1-3-5-12-7-9(11)6-8(10)4-2/h3-4,9,11H,1-2,5-7H2. The van der Waals surface area contributed by atoms with E-state index < -0.39 is 6.10 Å². The Labute approximate surface area is 72.3 Å². The monoisotopic (exact) mass is 170 g/mol. The molecule has 0 heterocycles. The van der Waals surface area contributed by atoms with E-state index in [4.69, 9.17) is 9.84 Å². The Balaban J connectivity index is 3.44. The molecule has 0 amide bonds. The summed E-state index contributed by atoms with van der Waals surface area (Å²) in [5, 5.41) is 9.15. The first-order chi connectivity index (χ1) is 5.70. The fraction of sp³-hybridized carbons (Fsp3) is 0.444. The van der Waals surface area contributed by atoms with E-state index >= 15 is 0 Å². The quantitative estimate of drug-likeness (QED) is 0.347. The number of carbonyl (C=O) groups is 1. The molecular weight excluding hydrogens is 156 g/mol. The molecule has 0 aromatic heterocycles. The first-order valence-corrected chi connectivity index (χ1v) is 3.72. The van der Waals surface area contributed by atoms with Gasteiger partial charge in [0.2, 0.25) is 0 Å². The van der Waals surface area contributed by atoms with Crippen LogP contribution in [0.4, 0.5) is 0 Å². The molecule has 3 heteroatoms. The van der Waals surface area contributed by atoms with Crippen molar-refractivity contribution in [1.29, 1.82) is 0 Å². The van der Waals surface area contributed by atoms with E-state index in [2.05, 4.69) is 13.2 Å². The number of aliphatic hydroxyl groups excluding tert-OH is 1. The van der Waals surface area contributed by atoms with Gasteiger partial charge in [-0.05, 0) is 6.08 Å². The van der Waals surface area contributed by atoms with Gasteiger partial charge in [-0.3, -0.25) is 4.79 Å². The highest BCUT2D eigenvalue weighted by molar-refractivity contribution is 5.89. The van der Waals surface area contributed by atoms with Crippen LogP contribution in [0.3, 0.4) is 0 Å². The lowest BCUT2D eigenvalue weighted by Gasteiger charge is -2.07. The van der Waals surface area contributed by atoms with Gasteiger partial charge in [0.25, 0.3) is 0 Å². The molecule has 1 atom stereocenters. The predicted octanol–water partition coefficient (Wildman–Crippen LogP) is 0.695. The van der Waals surface area contributed by atoms with Crippen molar-refractivity contribution in [2.24, 2.45) is 0 Å². The van der Waals surface area contributed by atoms with Gasteiger partial charge >= 0.3 is 0 Å². The van der Waals surface area contributed by atoms with Crippen LogP contribution in [0.1, 0.15) is 6.42 Å². The highest BCUT2D eigenvalue weighted by atomic mass is 16.5. The molecule has 0 radical (unpaired) electrons. The van der Waals surface area contributed by atoms with E-state index in [1.807, 2.05) is 0 Å². The maximum Gasteiger partial charge on any atom is 0.157 e. The van der Waals surface area contributed by atoms with Crippen LogP contribution in [0.2, 0.25) is 0 Å². The van der Waals surface area contributed by atoms with Gasteiger partial charge in [0.1, 0.15) is 0 Å². The average molecular weight is 170 g/mol. The number of ketones is 1. The van der Waals surface area contributed by atoms with Crippen LogP contribution in [0.15, 0.2) is 25.3 Å². The molecule has 0 rings (SSSR count). The molecule has 68 valence electrons. The van der Waals surface area contributed by atoms with Gasteiger partial charge in [-0.1, -0.05) is 12.7 Å². The Bertz CT molecular complexity index is 163. The summed E-state index contributed by atoms with van der Waals surface area (Å²) in [6, 6.07) is 0.